The molecule has 2 aromatic rings. The fourth-order valence-corrected chi connectivity index (χ4v) is 3.79. The third-order valence-electron chi connectivity index (χ3n) is 4.78. The molecule has 0 saturated heterocycles. The molecule has 3 N–H and O–H groups in total. The largest absolute Gasteiger partial charge is 0.506 e. The lowest BCUT2D eigenvalue weighted by Gasteiger charge is -2.18. The fourth-order valence-electron chi connectivity index (χ4n) is 3.46. The van der Waals surface area contributed by atoms with Crippen molar-refractivity contribution in [1.29, 1.82) is 0 Å². The number of benzene rings is 3. The molecule has 2 aromatic carbocycles. The van der Waals surface area contributed by atoms with Gasteiger partial charge in [0.05, 0.1) is 22.0 Å². The van der Waals surface area contributed by atoms with Crippen molar-refractivity contribution < 1.29 is 29.3 Å². The maximum atomic E-state index is 12.0. The highest BCUT2D eigenvalue weighted by Crippen LogP contribution is 2.44. The van der Waals surface area contributed by atoms with Gasteiger partial charge in [0, 0.05) is 28.6 Å². The molecule has 0 radical (unpaired) electrons. The van der Waals surface area contributed by atoms with Crippen LogP contribution < -0.4 is 5.43 Å². The molecule has 0 aromatic heterocycles. The zero-order valence-corrected chi connectivity index (χ0v) is 17.0. The van der Waals surface area contributed by atoms with Crippen molar-refractivity contribution in [3.63, 3.8) is 0 Å². The van der Waals surface area contributed by atoms with E-state index >= 15 is 0 Å². The van der Waals surface area contributed by atoms with Crippen LogP contribution in [0.5, 0.6) is 5.75 Å². The highest BCUT2D eigenvalue weighted by molar-refractivity contribution is 6.33. The lowest BCUT2D eigenvalue weighted by atomic mass is 9.89. The highest BCUT2D eigenvalue weighted by atomic mass is 35.5. The number of carboxylic acids is 2. The topological polar surface area (TPSA) is 125 Å². The molecule has 2 aliphatic rings. The van der Waals surface area contributed by atoms with Crippen molar-refractivity contribution >= 4 is 46.1 Å². The summed E-state index contributed by atoms with van der Waals surface area (Å²) in [5.41, 5.74) is 0.779. The second kappa shape index (κ2) is 7.61. The van der Waals surface area contributed by atoms with Gasteiger partial charge in [0.25, 0.3) is 0 Å². The summed E-state index contributed by atoms with van der Waals surface area (Å²) in [6.45, 7) is 0. The second-order valence-corrected chi connectivity index (χ2v) is 7.63. The molecule has 7 nitrogen and oxygen atoms in total. The predicted octanol–water partition coefficient (Wildman–Crippen LogP) is 4.90. The Morgan fingerprint density at radius 2 is 1.68 bits per heavy atom. The van der Waals surface area contributed by atoms with Crippen LogP contribution in [0.4, 0.5) is 0 Å². The van der Waals surface area contributed by atoms with Crippen LogP contribution in [-0.4, -0.2) is 27.3 Å². The number of carbonyl (C=O) groups is 2. The molecule has 1 aliphatic carbocycles. The van der Waals surface area contributed by atoms with E-state index in [1.165, 1.54) is 42.5 Å². The van der Waals surface area contributed by atoms with Crippen molar-refractivity contribution in [3.8, 4) is 28.2 Å². The van der Waals surface area contributed by atoms with E-state index in [1.54, 1.807) is 0 Å². The monoisotopic (exact) mass is 458 g/mol. The number of hydrogen-bond donors (Lipinski definition) is 3. The summed E-state index contributed by atoms with van der Waals surface area (Å²) < 4.78 is 5.75. The normalized spacial score (nSPS) is 11.2. The molecule has 9 heteroatoms. The number of aromatic hydroxyl groups is 1. The minimum atomic E-state index is -1.28. The van der Waals surface area contributed by atoms with Gasteiger partial charge in [-0.1, -0.05) is 35.3 Å². The Balaban J connectivity index is 2.16. The van der Waals surface area contributed by atoms with Crippen LogP contribution in [0.1, 0.15) is 15.9 Å². The van der Waals surface area contributed by atoms with E-state index < -0.39 is 17.4 Å². The van der Waals surface area contributed by atoms with Crippen molar-refractivity contribution in [2.24, 2.45) is 0 Å². The smallest absolute Gasteiger partial charge is 0.336 e. The van der Waals surface area contributed by atoms with Crippen molar-refractivity contribution in [3.05, 3.63) is 73.9 Å². The summed E-state index contributed by atoms with van der Waals surface area (Å²) in [6, 6.07) is 9.48. The van der Waals surface area contributed by atoms with E-state index in [0.717, 1.165) is 0 Å². The van der Waals surface area contributed by atoms with Gasteiger partial charge < -0.3 is 19.7 Å². The molecule has 0 unspecified atom stereocenters. The highest BCUT2D eigenvalue weighted by Gasteiger charge is 2.24. The van der Waals surface area contributed by atoms with E-state index in [-0.39, 0.29) is 44.7 Å². The Morgan fingerprint density at radius 3 is 2.35 bits per heavy atom. The molecule has 0 atom stereocenters. The van der Waals surface area contributed by atoms with E-state index in [1.807, 2.05) is 0 Å². The average molecular weight is 459 g/mol. The number of aliphatic carboxylic acids is 1. The number of rotatable bonds is 4. The third kappa shape index (κ3) is 3.69. The third-order valence-corrected chi connectivity index (χ3v) is 5.38. The van der Waals surface area contributed by atoms with Gasteiger partial charge in [0.1, 0.15) is 17.1 Å². The number of phenols is 1. The Kier molecular flexibility index (Phi) is 5.08. The number of hydrogen-bond acceptors (Lipinski definition) is 5. The van der Waals surface area contributed by atoms with Crippen LogP contribution in [0, 0.1) is 0 Å². The first-order valence-electron chi connectivity index (χ1n) is 8.82. The molecule has 1 aliphatic heterocycles. The van der Waals surface area contributed by atoms with Crippen LogP contribution in [0.3, 0.4) is 0 Å². The van der Waals surface area contributed by atoms with Crippen molar-refractivity contribution in [2.45, 2.75) is 6.42 Å². The average Bonchev–Trinajstić information content (AvgIpc) is 2.69. The van der Waals surface area contributed by atoms with Crippen molar-refractivity contribution in [2.75, 3.05) is 0 Å². The van der Waals surface area contributed by atoms with Gasteiger partial charge in [-0.05, 0) is 29.3 Å². The molecular formula is C22H12Cl2O7. The molecular weight excluding hydrogens is 447 g/mol. The molecule has 0 fully saturated rings. The fraction of sp³-hybridized carbons (Fsp3) is 0.0455. The van der Waals surface area contributed by atoms with Crippen LogP contribution in [0.2, 0.25) is 10.0 Å². The van der Waals surface area contributed by atoms with E-state index in [9.17, 15) is 24.6 Å². The lowest BCUT2D eigenvalue weighted by molar-refractivity contribution is -0.136. The van der Waals surface area contributed by atoms with E-state index in [4.69, 9.17) is 32.7 Å². The summed E-state index contributed by atoms with van der Waals surface area (Å²) in [6.07, 6.45) is -0.350. The second-order valence-electron chi connectivity index (χ2n) is 6.81. The summed E-state index contributed by atoms with van der Waals surface area (Å²) in [4.78, 5) is 35.1. The maximum absolute atomic E-state index is 12.0. The molecule has 156 valence electrons. The Labute approximate surface area is 184 Å². The quantitative estimate of drug-likeness (QED) is 0.371. The molecule has 4 rings (SSSR count). The van der Waals surface area contributed by atoms with Crippen LogP contribution in [0.25, 0.3) is 33.4 Å². The van der Waals surface area contributed by atoms with Gasteiger partial charge in [0.2, 0.25) is 5.43 Å². The van der Waals surface area contributed by atoms with Gasteiger partial charge in [-0.15, -0.1) is 0 Å². The SMILES string of the molecule is O=C(O)Cc1ccc(-c2c3cc(Cl)c(=O)cc-3oc3cc(O)c(Cl)cc23)c(C(=O)O)c1. The molecule has 31 heavy (non-hydrogen) atoms. The first-order chi connectivity index (χ1) is 14.7. The number of halogens is 2. The minimum Gasteiger partial charge on any atom is -0.506 e. The molecule has 0 amide bonds. The number of aromatic carboxylic acids is 1. The van der Waals surface area contributed by atoms with Crippen LogP contribution >= 0.6 is 23.2 Å². The van der Waals surface area contributed by atoms with Crippen LogP contribution in [-0.2, 0) is 11.2 Å². The van der Waals surface area contributed by atoms with Gasteiger partial charge in [-0.2, -0.15) is 0 Å². The van der Waals surface area contributed by atoms with Gasteiger partial charge >= 0.3 is 11.9 Å². The molecule has 1 heterocycles. The Hall–Kier alpha value is -3.55. The zero-order valence-electron chi connectivity index (χ0n) is 15.5. The zero-order chi connectivity index (χ0) is 22.4. The summed E-state index contributed by atoms with van der Waals surface area (Å²) >= 11 is 12.1. The summed E-state index contributed by atoms with van der Waals surface area (Å²) in [5, 5.41) is 29.1. The maximum Gasteiger partial charge on any atom is 0.336 e. The minimum absolute atomic E-state index is 0.00853. The van der Waals surface area contributed by atoms with Crippen molar-refractivity contribution in [1.82, 2.24) is 0 Å². The Morgan fingerprint density at radius 1 is 0.935 bits per heavy atom. The standard InChI is InChI=1S/C22H12Cl2O7/c23-14-5-12-18(7-16(14)25)31-19-8-17(26)15(24)6-13(19)21(12)10-2-1-9(4-20(27)28)3-11(10)22(29)30/h1-3,5-8,25H,4H2,(H,27,28)(H,29,30). The molecule has 0 spiro atoms. The van der Waals surface area contributed by atoms with Gasteiger partial charge in [-0.3, -0.25) is 9.59 Å². The molecule has 0 bridgehead atoms. The summed E-state index contributed by atoms with van der Waals surface area (Å²) in [7, 11) is 0. The number of phenolic OH excluding ortho intramolecular Hbond substituents is 1. The number of carboxylic acid groups (broad SMARTS) is 2. The van der Waals surface area contributed by atoms with E-state index in [2.05, 4.69) is 0 Å². The Bertz CT molecular complexity index is 1420. The lowest BCUT2D eigenvalue weighted by Crippen LogP contribution is -2.07. The van der Waals surface area contributed by atoms with Crippen LogP contribution in [0.15, 0.2) is 51.7 Å². The van der Waals surface area contributed by atoms with E-state index in [0.29, 0.717) is 22.1 Å². The predicted molar refractivity (Wildman–Crippen MR) is 115 cm³/mol. The first kappa shape index (κ1) is 20.7. The van der Waals surface area contributed by atoms with Gasteiger partial charge in [-0.25, -0.2) is 4.79 Å². The summed E-state index contributed by atoms with van der Waals surface area (Å²) in [5.74, 6) is -2.50. The first-order valence-corrected chi connectivity index (χ1v) is 9.58. The molecule has 0 saturated carbocycles. The number of fused-ring (bicyclic) bond motifs is 2. The van der Waals surface area contributed by atoms with Gasteiger partial charge in [0.15, 0.2) is 0 Å².